The lowest BCUT2D eigenvalue weighted by Gasteiger charge is -2.31. The first-order chi connectivity index (χ1) is 11.8. The molecule has 6 nitrogen and oxygen atoms in total. The maximum atomic E-state index is 12.5. The van der Waals surface area contributed by atoms with Gasteiger partial charge in [-0.15, -0.1) is 0 Å². The molecule has 1 aromatic carbocycles. The van der Waals surface area contributed by atoms with Gasteiger partial charge >= 0.3 is 17.8 Å². The van der Waals surface area contributed by atoms with Crippen LogP contribution in [0.15, 0.2) is 12.1 Å². The average Bonchev–Trinajstić information content (AvgIpc) is 2.57. The second-order valence-electron chi connectivity index (χ2n) is 6.57. The number of hydrogen-bond acceptors (Lipinski definition) is 4. The third-order valence-corrected chi connectivity index (χ3v) is 4.44. The largest absolute Gasteiger partial charge is 0.466 e. The molecule has 1 heterocycles. The van der Waals surface area contributed by atoms with Crippen molar-refractivity contribution in [3.8, 4) is 0 Å². The summed E-state index contributed by atoms with van der Waals surface area (Å²) in [5.74, 6) is -1.92. The number of likely N-dealkylation sites (tertiary alicyclic amines) is 1. The average molecular weight is 346 g/mol. The van der Waals surface area contributed by atoms with Crippen molar-refractivity contribution in [3.63, 3.8) is 0 Å². The number of benzene rings is 1. The minimum atomic E-state index is -0.667. The maximum absolute atomic E-state index is 12.5. The number of nitrogens with zero attached hydrogens (tertiary/aromatic N) is 1. The molecule has 0 radical (unpaired) electrons. The van der Waals surface area contributed by atoms with Crippen LogP contribution in [0.3, 0.4) is 0 Å². The number of carbonyl (C=O) groups is 3. The molecule has 1 aliphatic heterocycles. The Hall–Kier alpha value is -2.37. The van der Waals surface area contributed by atoms with E-state index in [9.17, 15) is 14.4 Å². The minimum absolute atomic E-state index is 0.233. The number of piperidine rings is 1. The van der Waals surface area contributed by atoms with Crippen molar-refractivity contribution in [1.29, 1.82) is 0 Å². The second-order valence-corrected chi connectivity index (χ2v) is 6.57. The van der Waals surface area contributed by atoms with Crippen molar-refractivity contribution in [2.75, 3.05) is 25.0 Å². The molecule has 2 amide bonds. The molecule has 1 N–H and O–H groups in total. The van der Waals surface area contributed by atoms with Gasteiger partial charge in [-0.05, 0) is 51.7 Å². The maximum Gasteiger partial charge on any atom is 0.313 e. The molecule has 1 aliphatic rings. The van der Waals surface area contributed by atoms with Gasteiger partial charge in [0.05, 0.1) is 12.5 Å². The molecule has 1 aromatic rings. The summed E-state index contributed by atoms with van der Waals surface area (Å²) >= 11 is 0. The van der Waals surface area contributed by atoms with Crippen LogP contribution in [0.4, 0.5) is 5.69 Å². The summed E-state index contributed by atoms with van der Waals surface area (Å²) in [5, 5.41) is 2.73. The predicted octanol–water partition coefficient (Wildman–Crippen LogP) is 2.35. The van der Waals surface area contributed by atoms with E-state index >= 15 is 0 Å². The van der Waals surface area contributed by atoms with Crippen LogP contribution >= 0.6 is 0 Å². The minimum Gasteiger partial charge on any atom is -0.466 e. The van der Waals surface area contributed by atoms with Crippen LogP contribution < -0.4 is 5.32 Å². The number of carbonyl (C=O) groups excluding carboxylic acids is 3. The Labute approximate surface area is 148 Å². The highest BCUT2D eigenvalue weighted by Gasteiger charge is 2.32. The zero-order chi connectivity index (χ0) is 18.6. The van der Waals surface area contributed by atoms with E-state index in [-0.39, 0.29) is 18.4 Å². The van der Waals surface area contributed by atoms with Crippen LogP contribution in [-0.4, -0.2) is 42.4 Å². The van der Waals surface area contributed by atoms with Gasteiger partial charge in [-0.2, -0.15) is 0 Å². The predicted molar refractivity (Wildman–Crippen MR) is 95.2 cm³/mol. The fourth-order valence-corrected chi connectivity index (χ4v) is 3.30. The van der Waals surface area contributed by atoms with Crippen molar-refractivity contribution in [1.82, 2.24) is 4.90 Å². The molecule has 0 spiro atoms. The number of amides is 2. The summed E-state index contributed by atoms with van der Waals surface area (Å²) in [6.07, 6.45) is 1.37. The van der Waals surface area contributed by atoms with Crippen LogP contribution in [-0.2, 0) is 19.1 Å². The highest BCUT2D eigenvalue weighted by Crippen LogP contribution is 2.23. The Morgan fingerprint density at radius 3 is 2.44 bits per heavy atom. The summed E-state index contributed by atoms with van der Waals surface area (Å²) in [5.41, 5.74) is 3.61. The highest BCUT2D eigenvalue weighted by molar-refractivity contribution is 6.39. The number of anilines is 1. The SMILES string of the molecule is CCOC(=O)C1CCCN(C(=O)C(=O)Nc2c(C)cc(C)cc2C)C1. The summed E-state index contributed by atoms with van der Waals surface area (Å²) in [7, 11) is 0. The number of hydrogen-bond donors (Lipinski definition) is 1. The van der Waals surface area contributed by atoms with Gasteiger partial charge in [0.2, 0.25) is 0 Å². The zero-order valence-corrected chi connectivity index (χ0v) is 15.3. The fourth-order valence-electron chi connectivity index (χ4n) is 3.30. The summed E-state index contributed by atoms with van der Waals surface area (Å²) in [4.78, 5) is 38.2. The van der Waals surface area contributed by atoms with Gasteiger partial charge in [0.25, 0.3) is 0 Å². The monoisotopic (exact) mass is 346 g/mol. The van der Waals surface area contributed by atoms with Gasteiger partial charge in [0.15, 0.2) is 0 Å². The van der Waals surface area contributed by atoms with Crippen LogP contribution in [0, 0.1) is 26.7 Å². The molecule has 1 atom stereocenters. The van der Waals surface area contributed by atoms with E-state index in [1.54, 1.807) is 6.92 Å². The third kappa shape index (κ3) is 4.59. The van der Waals surface area contributed by atoms with Crippen LogP contribution in [0.5, 0.6) is 0 Å². The van der Waals surface area contributed by atoms with Crippen molar-refractivity contribution in [2.45, 2.75) is 40.5 Å². The lowest BCUT2D eigenvalue weighted by molar-refractivity contribution is -0.153. The van der Waals surface area contributed by atoms with E-state index in [1.807, 2.05) is 32.9 Å². The first-order valence-electron chi connectivity index (χ1n) is 8.68. The topological polar surface area (TPSA) is 75.7 Å². The van der Waals surface area contributed by atoms with E-state index in [2.05, 4.69) is 5.32 Å². The first-order valence-corrected chi connectivity index (χ1v) is 8.68. The summed E-state index contributed by atoms with van der Waals surface area (Å²) < 4.78 is 5.03. The molecular formula is C19H26N2O4. The van der Waals surface area contributed by atoms with Gasteiger partial charge in [-0.25, -0.2) is 0 Å². The number of esters is 1. The Balaban J connectivity index is 2.05. The van der Waals surface area contributed by atoms with Crippen LogP contribution in [0.1, 0.15) is 36.5 Å². The number of nitrogens with one attached hydrogen (secondary N) is 1. The Morgan fingerprint density at radius 2 is 1.84 bits per heavy atom. The van der Waals surface area contributed by atoms with E-state index in [0.29, 0.717) is 31.7 Å². The van der Waals surface area contributed by atoms with Crippen molar-refractivity contribution in [3.05, 3.63) is 28.8 Å². The van der Waals surface area contributed by atoms with Gasteiger partial charge in [-0.3, -0.25) is 14.4 Å². The van der Waals surface area contributed by atoms with Crippen molar-refractivity contribution >= 4 is 23.5 Å². The molecule has 136 valence electrons. The van der Waals surface area contributed by atoms with E-state index in [1.165, 1.54) is 4.90 Å². The van der Waals surface area contributed by atoms with E-state index < -0.39 is 11.8 Å². The summed E-state index contributed by atoms with van der Waals surface area (Å²) in [6, 6.07) is 3.93. The lowest BCUT2D eigenvalue weighted by atomic mass is 9.98. The van der Waals surface area contributed by atoms with Gasteiger partial charge < -0.3 is 15.0 Å². The first kappa shape index (κ1) is 19.0. The molecular weight excluding hydrogens is 320 g/mol. The Kier molecular flexibility index (Phi) is 6.17. The molecule has 25 heavy (non-hydrogen) atoms. The molecule has 1 fully saturated rings. The fraction of sp³-hybridized carbons (Fsp3) is 0.526. The Bertz CT molecular complexity index is 661. The highest BCUT2D eigenvalue weighted by atomic mass is 16.5. The van der Waals surface area contributed by atoms with Gasteiger partial charge in [0, 0.05) is 18.8 Å². The van der Waals surface area contributed by atoms with Gasteiger partial charge in [-0.1, -0.05) is 17.7 Å². The molecule has 1 saturated heterocycles. The Morgan fingerprint density at radius 1 is 1.20 bits per heavy atom. The third-order valence-electron chi connectivity index (χ3n) is 4.44. The molecule has 0 aromatic heterocycles. The van der Waals surface area contributed by atoms with Crippen molar-refractivity contribution in [2.24, 2.45) is 5.92 Å². The smallest absolute Gasteiger partial charge is 0.313 e. The molecule has 6 heteroatoms. The quantitative estimate of drug-likeness (QED) is 0.673. The van der Waals surface area contributed by atoms with E-state index in [0.717, 1.165) is 16.7 Å². The van der Waals surface area contributed by atoms with Crippen LogP contribution in [0.25, 0.3) is 0 Å². The zero-order valence-electron chi connectivity index (χ0n) is 15.3. The normalized spacial score (nSPS) is 17.1. The standard InChI is InChI=1S/C19H26N2O4/c1-5-25-19(24)15-7-6-8-21(11-15)18(23)17(22)20-16-13(3)9-12(2)10-14(16)4/h9-10,15H,5-8,11H2,1-4H3,(H,20,22). The lowest BCUT2D eigenvalue weighted by Crippen LogP contribution is -2.47. The molecule has 1 unspecified atom stereocenters. The summed E-state index contributed by atoms with van der Waals surface area (Å²) in [6.45, 7) is 8.57. The van der Waals surface area contributed by atoms with E-state index in [4.69, 9.17) is 4.74 Å². The second kappa shape index (κ2) is 8.14. The molecule has 0 saturated carbocycles. The number of rotatable bonds is 3. The van der Waals surface area contributed by atoms with Gasteiger partial charge in [0.1, 0.15) is 0 Å². The van der Waals surface area contributed by atoms with Crippen molar-refractivity contribution < 1.29 is 19.1 Å². The number of ether oxygens (including phenoxy) is 1. The molecule has 2 rings (SSSR count). The number of aryl methyl sites for hydroxylation is 3. The molecule has 0 aliphatic carbocycles. The molecule has 0 bridgehead atoms. The van der Waals surface area contributed by atoms with Crippen LogP contribution in [0.2, 0.25) is 0 Å².